The van der Waals surface area contributed by atoms with Crippen LogP contribution in [0.15, 0.2) is 0 Å². The number of amides is 2. The van der Waals surface area contributed by atoms with Gasteiger partial charge in [-0.05, 0) is 27.2 Å². The van der Waals surface area contributed by atoms with Crippen LogP contribution in [0.3, 0.4) is 0 Å². The van der Waals surface area contributed by atoms with Crippen molar-refractivity contribution in [1.82, 2.24) is 10.2 Å². The SMILES string of the molecule is CCN(C(=O)CCCNC(=O)C(C)(C)C)C(C)(C)C(=O)O. The second kappa shape index (κ2) is 7.43. The molecule has 0 aromatic rings. The van der Waals surface area contributed by atoms with Crippen LogP contribution in [-0.4, -0.2) is 46.4 Å². The Morgan fingerprint density at radius 3 is 2.00 bits per heavy atom. The summed E-state index contributed by atoms with van der Waals surface area (Å²) >= 11 is 0. The zero-order valence-corrected chi connectivity index (χ0v) is 13.9. The van der Waals surface area contributed by atoms with E-state index in [2.05, 4.69) is 5.32 Å². The molecule has 6 nitrogen and oxygen atoms in total. The lowest BCUT2D eigenvalue weighted by molar-refractivity contribution is -0.156. The predicted octanol–water partition coefficient (Wildman–Crippen LogP) is 1.64. The number of carbonyl (C=O) groups excluding carboxylic acids is 2. The van der Waals surface area contributed by atoms with Gasteiger partial charge in [-0.3, -0.25) is 9.59 Å². The summed E-state index contributed by atoms with van der Waals surface area (Å²) in [5, 5.41) is 11.9. The maximum Gasteiger partial charge on any atom is 0.329 e. The molecule has 2 N–H and O–H groups in total. The summed E-state index contributed by atoms with van der Waals surface area (Å²) in [6, 6.07) is 0. The van der Waals surface area contributed by atoms with Crippen LogP contribution in [0.25, 0.3) is 0 Å². The van der Waals surface area contributed by atoms with Crippen LogP contribution >= 0.6 is 0 Å². The highest BCUT2D eigenvalue weighted by atomic mass is 16.4. The van der Waals surface area contributed by atoms with Crippen molar-refractivity contribution in [3.63, 3.8) is 0 Å². The molecule has 0 spiro atoms. The van der Waals surface area contributed by atoms with E-state index in [0.717, 1.165) is 0 Å². The van der Waals surface area contributed by atoms with Gasteiger partial charge in [-0.1, -0.05) is 20.8 Å². The molecule has 0 bridgehead atoms. The van der Waals surface area contributed by atoms with E-state index in [9.17, 15) is 19.5 Å². The van der Waals surface area contributed by atoms with Gasteiger partial charge in [-0.15, -0.1) is 0 Å². The minimum Gasteiger partial charge on any atom is -0.480 e. The smallest absolute Gasteiger partial charge is 0.329 e. The molecule has 0 aromatic carbocycles. The van der Waals surface area contributed by atoms with E-state index in [1.54, 1.807) is 6.92 Å². The van der Waals surface area contributed by atoms with Crippen LogP contribution in [0.2, 0.25) is 0 Å². The summed E-state index contributed by atoms with van der Waals surface area (Å²) in [5.74, 6) is -1.30. The minimum absolute atomic E-state index is 0.0619. The highest BCUT2D eigenvalue weighted by molar-refractivity contribution is 5.86. The molecular formula is C15H28N2O4. The van der Waals surface area contributed by atoms with Gasteiger partial charge in [0.1, 0.15) is 5.54 Å². The van der Waals surface area contributed by atoms with Crippen LogP contribution in [0.1, 0.15) is 54.4 Å². The second-order valence-electron chi connectivity index (χ2n) is 6.61. The van der Waals surface area contributed by atoms with Crippen LogP contribution in [-0.2, 0) is 14.4 Å². The first-order valence-electron chi connectivity index (χ1n) is 7.26. The summed E-state index contributed by atoms with van der Waals surface area (Å²) in [5.41, 5.74) is -1.68. The van der Waals surface area contributed by atoms with Gasteiger partial charge in [-0.2, -0.15) is 0 Å². The zero-order chi connectivity index (χ0) is 16.8. The highest BCUT2D eigenvalue weighted by Crippen LogP contribution is 2.16. The van der Waals surface area contributed by atoms with Gasteiger partial charge < -0.3 is 15.3 Å². The summed E-state index contributed by atoms with van der Waals surface area (Å²) in [4.78, 5) is 36.3. The van der Waals surface area contributed by atoms with E-state index in [-0.39, 0.29) is 18.2 Å². The molecule has 0 saturated carbocycles. The fourth-order valence-electron chi connectivity index (χ4n) is 1.84. The number of carbonyl (C=O) groups is 3. The van der Waals surface area contributed by atoms with E-state index in [1.165, 1.54) is 18.7 Å². The van der Waals surface area contributed by atoms with E-state index in [0.29, 0.717) is 19.5 Å². The van der Waals surface area contributed by atoms with Crippen molar-refractivity contribution in [2.24, 2.45) is 5.41 Å². The third-order valence-electron chi connectivity index (χ3n) is 3.35. The lowest BCUT2D eigenvalue weighted by Crippen LogP contribution is -2.53. The molecule has 0 radical (unpaired) electrons. The van der Waals surface area contributed by atoms with Gasteiger partial charge in [0.15, 0.2) is 0 Å². The Morgan fingerprint density at radius 1 is 1.10 bits per heavy atom. The normalized spacial score (nSPS) is 11.9. The Balaban J connectivity index is 4.37. The quantitative estimate of drug-likeness (QED) is 0.700. The molecule has 0 aliphatic heterocycles. The number of rotatable bonds is 7. The average Bonchev–Trinajstić information content (AvgIpc) is 2.33. The molecule has 0 rings (SSSR count). The molecule has 0 fully saturated rings. The van der Waals surface area contributed by atoms with Gasteiger partial charge >= 0.3 is 5.97 Å². The maximum atomic E-state index is 12.1. The molecule has 0 atom stereocenters. The number of nitrogens with one attached hydrogen (secondary N) is 1. The van der Waals surface area contributed by atoms with Crippen molar-refractivity contribution >= 4 is 17.8 Å². The van der Waals surface area contributed by atoms with Crippen molar-refractivity contribution in [2.45, 2.75) is 59.9 Å². The molecular weight excluding hydrogens is 272 g/mol. The number of hydrogen-bond acceptors (Lipinski definition) is 3. The molecule has 0 heterocycles. The van der Waals surface area contributed by atoms with Gasteiger partial charge in [0.25, 0.3) is 0 Å². The summed E-state index contributed by atoms with van der Waals surface area (Å²) in [7, 11) is 0. The number of likely N-dealkylation sites (N-methyl/N-ethyl adjacent to an activating group) is 1. The maximum absolute atomic E-state index is 12.1. The van der Waals surface area contributed by atoms with Crippen molar-refractivity contribution in [3.8, 4) is 0 Å². The number of aliphatic carboxylic acids is 1. The average molecular weight is 300 g/mol. The Bertz CT molecular complexity index is 397. The van der Waals surface area contributed by atoms with E-state index in [4.69, 9.17) is 0 Å². The van der Waals surface area contributed by atoms with Crippen molar-refractivity contribution in [2.75, 3.05) is 13.1 Å². The molecule has 0 aliphatic carbocycles. The number of carboxylic acid groups (broad SMARTS) is 1. The zero-order valence-electron chi connectivity index (χ0n) is 13.9. The third kappa shape index (κ3) is 5.73. The number of carboxylic acids is 1. The van der Waals surface area contributed by atoms with Gasteiger partial charge in [0, 0.05) is 24.9 Å². The number of hydrogen-bond donors (Lipinski definition) is 2. The van der Waals surface area contributed by atoms with E-state index >= 15 is 0 Å². The fraction of sp³-hybridized carbons (Fsp3) is 0.800. The third-order valence-corrected chi connectivity index (χ3v) is 3.35. The summed E-state index contributed by atoms with van der Waals surface area (Å²) in [6.45, 7) is 11.0. The van der Waals surface area contributed by atoms with Crippen molar-refractivity contribution in [3.05, 3.63) is 0 Å². The Morgan fingerprint density at radius 2 is 1.62 bits per heavy atom. The van der Waals surface area contributed by atoms with Gasteiger partial charge in [-0.25, -0.2) is 4.79 Å². The van der Waals surface area contributed by atoms with Crippen molar-refractivity contribution < 1.29 is 19.5 Å². The van der Waals surface area contributed by atoms with Crippen LogP contribution in [0.4, 0.5) is 0 Å². The first-order chi connectivity index (χ1) is 9.44. The van der Waals surface area contributed by atoms with Crippen LogP contribution in [0, 0.1) is 5.41 Å². The standard InChI is InChI=1S/C15H28N2O4/c1-7-17(15(5,6)13(20)21)11(18)9-8-10-16-12(19)14(2,3)4/h7-10H2,1-6H3,(H,16,19)(H,20,21). The molecule has 0 aromatic heterocycles. The topological polar surface area (TPSA) is 86.7 Å². The molecule has 21 heavy (non-hydrogen) atoms. The van der Waals surface area contributed by atoms with Crippen LogP contribution in [0.5, 0.6) is 0 Å². The highest BCUT2D eigenvalue weighted by Gasteiger charge is 2.36. The first kappa shape index (κ1) is 19.4. The molecule has 0 unspecified atom stereocenters. The predicted molar refractivity (Wildman–Crippen MR) is 80.8 cm³/mol. The summed E-state index contributed by atoms with van der Waals surface area (Å²) in [6.07, 6.45) is 0.710. The Kier molecular flexibility index (Phi) is 6.86. The first-order valence-corrected chi connectivity index (χ1v) is 7.26. The van der Waals surface area contributed by atoms with Gasteiger partial charge in [0.2, 0.25) is 11.8 Å². The molecule has 0 saturated heterocycles. The molecule has 122 valence electrons. The largest absolute Gasteiger partial charge is 0.480 e. The van der Waals surface area contributed by atoms with E-state index < -0.39 is 16.9 Å². The Labute approximate surface area is 126 Å². The minimum atomic E-state index is -1.22. The lowest BCUT2D eigenvalue weighted by Gasteiger charge is -2.34. The molecule has 6 heteroatoms. The molecule has 0 aliphatic rings. The number of nitrogens with zero attached hydrogens (tertiary/aromatic N) is 1. The Hall–Kier alpha value is -1.59. The lowest BCUT2D eigenvalue weighted by atomic mass is 9.96. The second-order valence-corrected chi connectivity index (χ2v) is 6.61. The van der Waals surface area contributed by atoms with Gasteiger partial charge in [0.05, 0.1) is 0 Å². The molecule has 2 amide bonds. The fourth-order valence-corrected chi connectivity index (χ4v) is 1.84. The monoisotopic (exact) mass is 300 g/mol. The van der Waals surface area contributed by atoms with Crippen LogP contribution < -0.4 is 5.32 Å². The summed E-state index contributed by atoms with van der Waals surface area (Å²) < 4.78 is 0. The van der Waals surface area contributed by atoms with Crippen molar-refractivity contribution in [1.29, 1.82) is 0 Å². The van der Waals surface area contributed by atoms with E-state index in [1.807, 2.05) is 20.8 Å².